The van der Waals surface area contributed by atoms with Gasteiger partial charge in [0.1, 0.15) is 5.70 Å². The minimum absolute atomic E-state index is 0.166. The number of thioether (sulfide) groups is 1. The van der Waals surface area contributed by atoms with Crippen LogP contribution >= 0.6 is 23.1 Å². The van der Waals surface area contributed by atoms with Crippen molar-refractivity contribution in [2.75, 3.05) is 5.75 Å². The lowest BCUT2D eigenvalue weighted by Crippen LogP contribution is -2.21. The first-order chi connectivity index (χ1) is 9.76. The average molecular weight is 301 g/mol. The van der Waals surface area contributed by atoms with Crippen LogP contribution < -0.4 is 5.32 Å². The van der Waals surface area contributed by atoms with E-state index in [1.165, 1.54) is 11.8 Å². The third-order valence-electron chi connectivity index (χ3n) is 2.67. The molecule has 1 aromatic heterocycles. The molecule has 1 aliphatic rings. The number of nitrogens with zero attached hydrogens (tertiary/aromatic N) is 2. The lowest BCUT2D eigenvalue weighted by molar-refractivity contribution is -0.115. The number of aromatic nitrogens is 1. The van der Waals surface area contributed by atoms with E-state index < -0.39 is 0 Å². The van der Waals surface area contributed by atoms with Crippen LogP contribution in [0.2, 0.25) is 0 Å². The molecule has 0 bridgehead atoms. The maximum atomic E-state index is 11.8. The molecular weight excluding hydrogens is 290 g/mol. The molecule has 1 N–H and O–H groups in total. The van der Waals surface area contributed by atoms with Gasteiger partial charge in [0.15, 0.2) is 5.17 Å². The van der Waals surface area contributed by atoms with E-state index in [9.17, 15) is 4.79 Å². The smallest absolute Gasteiger partial charge is 0.275 e. The summed E-state index contributed by atoms with van der Waals surface area (Å²) in [4.78, 5) is 20.3. The van der Waals surface area contributed by atoms with Crippen molar-refractivity contribution in [1.82, 2.24) is 10.3 Å². The van der Waals surface area contributed by atoms with Crippen molar-refractivity contribution in [3.63, 3.8) is 0 Å². The number of aliphatic imine (C=N–C) groups is 1. The first-order valence-electron chi connectivity index (χ1n) is 5.95. The topological polar surface area (TPSA) is 54.4 Å². The number of amidine groups is 1. The normalized spacial score (nSPS) is 16.5. The van der Waals surface area contributed by atoms with Crippen LogP contribution in [0.25, 0.3) is 16.3 Å². The molecule has 0 aliphatic carbocycles. The number of rotatable bonds is 3. The third-order valence-corrected chi connectivity index (χ3v) is 4.33. The zero-order valence-electron chi connectivity index (χ0n) is 10.5. The second-order valence-corrected chi connectivity index (χ2v) is 5.97. The van der Waals surface area contributed by atoms with Gasteiger partial charge in [-0.05, 0) is 23.8 Å². The minimum atomic E-state index is -0.166. The lowest BCUT2D eigenvalue weighted by Gasteiger charge is -1.95. The molecule has 2 heterocycles. The Bertz CT molecular complexity index is 746. The molecule has 0 saturated heterocycles. The zero-order chi connectivity index (χ0) is 13.9. The van der Waals surface area contributed by atoms with Crippen LogP contribution in [0, 0.1) is 0 Å². The van der Waals surface area contributed by atoms with Gasteiger partial charge in [0.25, 0.3) is 5.91 Å². The second-order valence-electron chi connectivity index (χ2n) is 4.08. The van der Waals surface area contributed by atoms with Gasteiger partial charge in [0.2, 0.25) is 0 Å². The lowest BCUT2D eigenvalue weighted by atomic mass is 10.2. The number of fused-ring (bicyclic) bond motifs is 1. The monoisotopic (exact) mass is 301 g/mol. The van der Waals surface area contributed by atoms with Crippen molar-refractivity contribution < 1.29 is 4.79 Å². The van der Waals surface area contributed by atoms with Crippen LogP contribution in [-0.2, 0) is 4.79 Å². The number of hydrogen-bond donors (Lipinski definition) is 1. The summed E-state index contributed by atoms with van der Waals surface area (Å²) < 4.78 is 1.10. The fourth-order valence-corrected chi connectivity index (χ4v) is 3.10. The van der Waals surface area contributed by atoms with Crippen LogP contribution in [0.15, 0.2) is 47.1 Å². The van der Waals surface area contributed by atoms with Crippen molar-refractivity contribution in [2.24, 2.45) is 4.99 Å². The molecular formula is C14H11N3OS2. The van der Waals surface area contributed by atoms with E-state index in [-0.39, 0.29) is 5.91 Å². The van der Waals surface area contributed by atoms with E-state index in [4.69, 9.17) is 0 Å². The van der Waals surface area contributed by atoms with Crippen LogP contribution in [0.5, 0.6) is 0 Å². The summed E-state index contributed by atoms with van der Waals surface area (Å²) in [6, 6.07) is 5.90. The Hall–Kier alpha value is -1.92. The highest BCUT2D eigenvalue weighted by molar-refractivity contribution is 8.14. The van der Waals surface area contributed by atoms with Crippen molar-refractivity contribution in [2.45, 2.75) is 0 Å². The van der Waals surface area contributed by atoms with Gasteiger partial charge in [-0.15, -0.1) is 17.9 Å². The highest BCUT2D eigenvalue weighted by Crippen LogP contribution is 2.22. The Morgan fingerprint density at radius 3 is 3.20 bits per heavy atom. The molecule has 1 amide bonds. The summed E-state index contributed by atoms with van der Waals surface area (Å²) in [5.41, 5.74) is 4.16. The first kappa shape index (κ1) is 13.1. The Kier molecular flexibility index (Phi) is 3.66. The maximum absolute atomic E-state index is 11.8. The number of nitrogens with one attached hydrogen (secondary N) is 1. The van der Waals surface area contributed by atoms with Gasteiger partial charge in [-0.3, -0.25) is 10.1 Å². The molecule has 0 radical (unpaired) electrons. The molecule has 1 aliphatic heterocycles. The van der Waals surface area contributed by atoms with E-state index in [2.05, 4.69) is 21.9 Å². The van der Waals surface area contributed by atoms with Gasteiger partial charge in [-0.25, -0.2) is 9.98 Å². The first-order valence-corrected chi connectivity index (χ1v) is 7.81. The number of amides is 1. The van der Waals surface area contributed by atoms with Crippen molar-refractivity contribution in [1.29, 1.82) is 0 Å². The second kappa shape index (κ2) is 5.60. The van der Waals surface area contributed by atoms with E-state index in [1.807, 2.05) is 23.7 Å². The Balaban J connectivity index is 1.88. The van der Waals surface area contributed by atoms with Crippen molar-refractivity contribution in [3.05, 3.63) is 47.6 Å². The van der Waals surface area contributed by atoms with Crippen LogP contribution in [0.4, 0.5) is 0 Å². The zero-order valence-corrected chi connectivity index (χ0v) is 12.1. The highest BCUT2D eigenvalue weighted by Gasteiger charge is 2.19. The Labute approximate surface area is 124 Å². The largest absolute Gasteiger partial charge is 0.300 e. The summed E-state index contributed by atoms with van der Waals surface area (Å²) in [7, 11) is 0. The SMILES string of the molecule is C=CCSC1=N/C(=C\c2ccc3ncsc3c2)C(=O)N1. The highest BCUT2D eigenvalue weighted by atomic mass is 32.2. The number of carbonyl (C=O) groups is 1. The summed E-state index contributed by atoms with van der Waals surface area (Å²) >= 11 is 3.04. The maximum Gasteiger partial charge on any atom is 0.275 e. The molecule has 3 rings (SSSR count). The summed E-state index contributed by atoms with van der Waals surface area (Å²) in [6.07, 6.45) is 3.56. The third kappa shape index (κ3) is 2.66. The number of carbonyl (C=O) groups excluding carboxylic acids is 1. The number of thiazole rings is 1. The Morgan fingerprint density at radius 2 is 2.35 bits per heavy atom. The van der Waals surface area contributed by atoms with Crippen LogP contribution in [-0.4, -0.2) is 21.8 Å². The van der Waals surface area contributed by atoms with Crippen molar-refractivity contribution in [3.8, 4) is 0 Å². The van der Waals surface area contributed by atoms with Gasteiger partial charge < -0.3 is 0 Å². The van der Waals surface area contributed by atoms with E-state index in [0.717, 1.165) is 21.5 Å². The molecule has 4 nitrogen and oxygen atoms in total. The quantitative estimate of drug-likeness (QED) is 0.700. The molecule has 100 valence electrons. The standard InChI is InChI=1S/C14H11N3OS2/c1-2-5-19-14-16-11(13(18)17-14)6-9-3-4-10-12(7-9)20-8-15-10/h2-4,6-8H,1,5H2,(H,16,17,18)/b11-6-. The molecule has 2 aromatic rings. The Morgan fingerprint density at radius 1 is 1.45 bits per heavy atom. The predicted octanol–water partition coefficient (Wildman–Crippen LogP) is 3.04. The van der Waals surface area contributed by atoms with Gasteiger partial charge in [-0.2, -0.15) is 0 Å². The van der Waals surface area contributed by atoms with Crippen molar-refractivity contribution >= 4 is 50.5 Å². The molecule has 0 spiro atoms. The summed E-state index contributed by atoms with van der Waals surface area (Å²) in [5, 5.41) is 3.36. The minimum Gasteiger partial charge on any atom is -0.300 e. The summed E-state index contributed by atoms with van der Waals surface area (Å²) in [6.45, 7) is 3.64. The predicted molar refractivity (Wildman–Crippen MR) is 85.8 cm³/mol. The number of benzene rings is 1. The fraction of sp³-hybridized carbons (Fsp3) is 0.0714. The van der Waals surface area contributed by atoms with Crippen LogP contribution in [0.3, 0.4) is 0 Å². The van der Waals surface area contributed by atoms with Gasteiger partial charge in [0.05, 0.1) is 15.7 Å². The average Bonchev–Trinajstić information content (AvgIpc) is 3.03. The molecule has 1 aromatic carbocycles. The van der Waals surface area contributed by atoms with E-state index in [0.29, 0.717) is 10.9 Å². The molecule has 0 atom stereocenters. The molecule has 0 unspecified atom stereocenters. The summed E-state index contributed by atoms with van der Waals surface area (Å²) in [5.74, 6) is 0.556. The molecule has 0 fully saturated rings. The fourth-order valence-electron chi connectivity index (χ4n) is 1.77. The molecule has 20 heavy (non-hydrogen) atoms. The van der Waals surface area contributed by atoms with Gasteiger partial charge >= 0.3 is 0 Å². The van der Waals surface area contributed by atoms with Gasteiger partial charge in [0, 0.05) is 5.75 Å². The van der Waals surface area contributed by atoms with Gasteiger partial charge in [-0.1, -0.05) is 23.9 Å². The molecule has 6 heteroatoms. The molecule has 0 saturated carbocycles. The van der Waals surface area contributed by atoms with E-state index in [1.54, 1.807) is 23.5 Å². The van der Waals surface area contributed by atoms with E-state index >= 15 is 0 Å². The van der Waals surface area contributed by atoms with Crippen LogP contribution in [0.1, 0.15) is 5.56 Å². The number of hydrogen-bond acceptors (Lipinski definition) is 5.